The highest BCUT2D eigenvalue weighted by Crippen LogP contribution is 2.29. The first-order chi connectivity index (χ1) is 31.5. The summed E-state index contributed by atoms with van der Waals surface area (Å²) in [4.78, 5) is 86.0. The third kappa shape index (κ3) is 10.2. The topological polar surface area (TPSA) is 206 Å². The minimum Gasteiger partial charge on any atom is -0.458 e. The summed E-state index contributed by atoms with van der Waals surface area (Å²) in [5.74, 6) is -2.39. The van der Waals surface area contributed by atoms with E-state index in [2.05, 4.69) is 30.8 Å². The lowest BCUT2D eigenvalue weighted by Gasteiger charge is -2.22. The smallest absolute Gasteiger partial charge is 0.359 e. The second-order valence-corrected chi connectivity index (χ2v) is 15.3. The summed E-state index contributed by atoms with van der Waals surface area (Å²) < 4.78 is 13.4. The van der Waals surface area contributed by atoms with Crippen LogP contribution in [0, 0.1) is 0 Å². The Kier molecular flexibility index (Phi) is 14.3. The minimum atomic E-state index is -0.787. The summed E-state index contributed by atoms with van der Waals surface area (Å²) in [5.41, 5.74) is 0.315. The SMILES string of the molecule is CCn1nc(C(=O)OC2CCCCC2)c(C(C)=O)c(Nc2cncc3ccccc23)c1=O.CCn1nc(C(=O)OCc2ccccc2)c(C(C)=O)c(Nc2cncc3ccccc23)c1=O. The third-order valence-electron chi connectivity index (χ3n) is 10.9. The highest BCUT2D eigenvalue weighted by Gasteiger charge is 2.30. The fourth-order valence-corrected chi connectivity index (χ4v) is 7.66. The molecule has 4 heterocycles. The number of aryl methyl sites for hydroxylation is 2. The molecule has 0 atom stereocenters. The average Bonchev–Trinajstić information content (AvgIpc) is 3.32. The molecule has 7 aromatic rings. The average molecular weight is 877 g/mol. The van der Waals surface area contributed by atoms with Crippen molar-refractivity contribution in [2.24, 2.45) is 0 Å². The van der Waals surface area contributed by atoms with Gasteiger partial charge in [-0.25, -0.2) is 19.0 Å². The van der Waals surface area contributed by atoms with Crippen LogP contribution < -0.4 is 21.8 Å². The van der Waals surface area contributed by atoms with E-state index < -0.39 is 34.6 Å². The summed E-state index contributed by atoms with van der Waals surface area (Å²) in [6, 6.07) is 24.2. The zero-order chi connectivity index (χ0) is 46.0. The third-order valence-corrected chi connectivity index (χ3v) is 10.9. The molecule has 0 bridgehead atoms. The molecule has 0 unspecified atom stereocenters. The van der Waals surface area contributed by atoms with Gasteiger partial charge in [0.15, 0.2) is 23.0 Å². The van der Waals surface area contributed by atoms with E-state index in [0.29, 0.717) is 11.4 Å². The van der Waals surface area contributed by atoms with Crippen LogP contribution in [0.4, 0.5) is 22.7 Å². The van der Waals surface area contributed by atoms with Crippen LogP contribution in [0.2, 0.25) is 0 Å². The highest BCUT2D eigenvalue weighted by molar-refractivity contribution is 6.10. The number of carbonyl (C=O) groups is 4. The number of rotatable bonds is 13. The summed E-state index contributed by atoms with van der Waals surface area (Å²) in [6.07, 6.45) is 11.1. The van der Waals surface area contributed by atoms with E-state index in [1.165, 1.54) is 18.5 Å². The molecular weight excluding hydrogens is 829 g/mol. The Labute approximate surface area is 373 Å². The Hall–Kier alpha value is -7.88. The van der Waals surface area contributed by atoms with E-state index in [0.717, 1.165) is 63.9 Å². The Morgan fingerprint density at radius 1 is 0.615 bits per heavy atom. The number of carbonyl (C=O) groups excluding carboxylic acids is 4. The maximum absolute atomic E-state index is 13.1. The number of aromatic nitrogens is 6. The number of nitrogens with one attached hydrogen (secondary N) is 2. The molecule has 1 fully saturated rings. The van der Waals surface area contributed by atoms with Crippen LogP contribution in [0.15, 0.2) is 113 Å². The lowest BCUT2D eigenvalue weighted by Crippen LogP contribution is -2.32. The Morgan fingerprint density at radius 2 is 1.08 bits per heavy atom. The second kappa shape index (κ2) is 20.5. The molecule has 0 radical (unpaired) electrons. The maximum atomic E-state index is 13.1. The van der Waals surface area contributed by atoms with Crippen molar-refractivity contribution < 1.29 is 28.7 Å². The number of hydrogen-bond donors (Lipinski definition) is 2. The molecule has 1 saturated carbocycles. The van der Waals surface area contributed by atoms with Crippen molar-refractivity contribution in [1.29, 1.82) is 0 Å². The molecule has 4 aromatic heterocycles. The minimum absolute atomic E-state index is 0.00287. The standard InChI is InChI=1S/C25H22N4O4.C24H26N4O4/c1-3-29-24(31)22(27-20-14-26-13-18-11-7-8-12-19(18)20)21(16(2)30)23(28-29)25(32)33-15-17-9-5-4-6-10-17;1-3-28-23(30)21(26-19-14-25-13-16-9-7-8-12-18(16)19)20(15(2)29)22(27-28)24(31)32-17-10-5-4-6-11-17/h4-14,27H,3,15H2,1-2H3;7-9,12-14,17,26H,3-6,10-11H2,1-2H3. The first kappa shape index (κ1) is 45.2. The van der Waals surface area contributed by atoms with Gasteiger partial charge in [-0.3, -0.25) is 29.1 Å². The summed E-state index contributed by atoms with van der Waals surface area (Å²) >= 11 is 0. The molecule has 0 amide bonds. The number of fused-ring (bicyclic) bond motifs is 2. The first-order valence-electron chi connectivity index (χ1n) is 21.4. The number of esters is 2. The molecule has 8 rings (SSSR count). The van der Waals surface area contributed by atoms with Gasteiger partial charge in [0.1, 0.15) is 24.1 Å². The molecule has 332 valence electrons. The van der Waals surface area contributed by atoms with Gasteiger partial charge in [0, 0.05) is 47.0 Å². The lowest BCUT2D eigenvalue weighted by molar-refractivity contribution is 0.0199. The predicted molar refractivity (Wildman–Crippen MR) is 246 cm³/mol. The molecule has 65 heavy (non-hydrogen) atoms. The van der Waals surface area contributed by atoms with Crippen molar-refractivity contribution in [3.05, 3.63) is 152 Å². The summed E-state index contributed by atoms with van der Waals surface area (Å²) in [7, 11) is 0. The van der Waals surface area contributed by atoms with E-state index in [9.17, 15) is 28.8 Å². The monoisotopic (exact) mass is 876 g/mol. The predicted octanol–water partition coefficient (Wildman–Crippen LogP) is 8.36. The van der Waals surface area contributed by atoms with E-state index >= 15 is 0 Å². The van der Waals surface area contributed by atoms with Gasteiger partial charge in [-0.1, -0.05) is 85.3 Å². The van der Waals surface area contributed by atoms with Gasteiger partial charge in [-0.05, 0) is 58.9 Å². The van der Waals surface area contributed by atoms with E-state index in [1.54, 1.807) is 38.6 Å². The number of hydrogen-bond acceptors (Lipinski definition) is 14. The number of benzene rings is 3. The van der Waals surface area contributed by atoms with Crippen molar-refractivity contribution >= 4 is 67.8 Å². The van der Waals surface area contributed by atoms with Gasteiger partial charge in [0.25, 0.3) is 11.1 Å². The molecule has 0 spiro atoms. The quantitative estimate of drug-likeness (QED) is 0.0825. The zero-order valence-electron chi connectivity index (χ0n) is 36.5. The van der Waals surface area contributed by atoms with Crippen molar-refractivity contribution in [2.75, 3.05) is 10.6 Å². The fraction of sp³-hybridized carbons (Fsp3) is 0.265. The number of pyridine rings is 2. The van der Waals surface area contributed by atoms with E-state index in [1.807, 2.05) is 78.9 Å². The van der Waals surface area contributed by atoms with Crippen LogP contribution in [0.5, 0.6) is 0 Å². The number of anilines is 4. The molecule has 1 aliphatic carbocycles. The van der Waals surface area contributed by atoms with Gasteiger partial charge in [0.2, 0.25) is 0 Å². The number of Topliss-reactive ketones (excluding diaryl/α,β-unsaturated/α-hetero) is 2. The van der Waals surface area contributed by atoms with E-state index in [4.69, 9.17) is 9.47 Å². The lowest BCUT2D eigenvalue weighted by atomic mass is 9.98. The van der Waals surface area contributed by atoms with Crippen LogP contribution in [0.3, 0.4) is 0 Å². The molecule has 0 saturated heterocycles. The molecule has 0 aliphatic heterocycles. The van der Waals surface area contributed by atoms with Crippen molar-refractivity contribution in [2.45, 2.75) is 85.6 Å². The normalized spacial score (nSPS) is 12.5. The highest BCUT2D eigenvalue weighted by atomic mass is 16.5. The first-order valence-corrected chi connectivity index (χ1v) is 21.4. The van der Waals surface area contributed by atoms with Crippen LogP contribution in [0.25, 0.3) is 21.5 Å². The van der Waals surface area contributed by atoms with Gasteiger partial charge < -0.3 is 20.1 Å². The van der Waals surface area contributed by atoms with Gasteiger partial charge >= 0.3 is 11.9 Å². The molecule has 3 aromatic carbocycles. The molecule has 1 aliphatic rings. The fourth-order valence-electron chi connectivity index (χ4n) is 7.66. The van der Waals surface area contributed by atoms with Crippen LogP contribution >= 0.6 is 0 Å². The van der Waals surface area contributed by atoms with Crippen molar-refractivity contribution in [1.82, 2.24) is 29.5 Å². The summed E-state index contributed by atoms with van der Waals surface area (Å²) in [6.45, 7) is 6.54. The second-order valence-electron chi connectivity index (χ2n) is 15.3. The number of nitrogens with zero attached hydrogens (tertiary/aromatic N) is 6. The van der Waals surface area contributed by atoms with Crippen LogP contribution in [-0.2, 0) is 29.2 Å². The molecular formula is C49H48N8O8. The van der Waals surface area contributed by atoms with Gasteiger partial charge in [0.05, 0.1) is 34.9 Å². The van der Waals surface area contributed by atoms with Crippen molar-refractivity contribution in [3.63, 3.8) is 0 Å². The van der Waals surface area contributed by atoms with Crippen LogP contribution in [0.1, 0.15) is 107 Å². The van der Waals surface area contributed by atoms with Crippen LogP contribution in [-0.4, -0.2) is 59.1 Å². The largest absolute Gasteiger partial charge is 0.458 e. The Bertz CT molecular complexity index is 3020. The number of ether oxygens (including phenoxy) is 2. The zero-order valence-corrected chi connectivity index (χ0v) is 36.5. The Balaban J connectivity index is 0.000000194. The molecule has 16 nitrogen and oxygen atoms in total. The molecule has 16 heteroatoms. The molecule has 2 N–H and O–H groups in total. The maximum Gasteiger partial charge on any atom is 0.359 e. The van der Waals surface area contributed by atoms with Gasteiger partial charge in [-0.15, -0.1) is 0 Å². The van der Waals surface area contributed by atoms with Crippen molar-refractivity contribution in [3.8, 4) is 0 Å². The van der Waals surface area contributed by atoms with Gasteiger partial charge in [-0.2, -0.15) is 10.2 Å². The van der Waals surface area contributed by atoms with E-state index in [-0.39, 0.29) is 59.7 Å². The Morgan fingerprint density at radius 3 is 1.55 bits per heavy atom. The number of ketones is 2. The summed E-state index contributed by atoms with van der Waals surface area (Å²) in [5, 5.41) is 17.8.